The maximum absolute atomic E-state index is 13.1. The highest BCUT2D eigenvalue weighted by Crippen LogP contribution is 2.31. The maximum atomic E-state index is 13.1. The Balaban J connectivity index is 2.34. The van der Waals surface area contributed by atoms with Crippen LogP contribution >= 0.6 is 0 Å². The van der Waals surface area contributed by atoms with Crippen molar-refractivity contribution in [3.8, 4) is 5.75 Å². The fourth-order valence-corrected chi connectivity index (χ4v) is 2.70. The standard InChI is InChI=1S/C13H9F4NO3S/c14-9-4-3-5-10(8-9)22(19,20)18-11-6-1-2-7-12(11)21-13(15,16)17/h1-8,18H. The van der Waals surface area contributed by atoms with Crippen LogP contribution in [0.2, 0.25) is 0 Å². The van der Waals surface area contributed by atoms with Crippen LogP contribution in [0.4, 0.5) is 23.2 Å². The van der Waals surface area contributed by atoms with Crippen LogP contribution in [-0.4, -0.2) is 14.8 Å². The van der Waals surface area contributed by atoms with E-state index >= 15 is 0 Å². The fourth-order valence-electron chi connectivity index (χ4n) is 1.60. The van der Waals surface area contributed by atoms with E-state index in [4.69, 9.17) is 0 Å². The number of rotatable bonds is 4. The third kappa shape index (κ3) is 4.10. The summed E-state index contributed by atoms with van der Waals surface area (Å²) in [4.78, 5) is -0.422. The quantitative estimate of drug-likeness (QED) is 0.870. The number of hydrogen-bond donors (Lipinski definition) is 1. The summed E-state index contributed by atoms with van der Waals surface area (Å²) in [7, 11) is -4.25. The molecule has 2 aromatic rings. The van der Waals surface area contributed by atoms with Crippen LogP contribution in [0, 0.1) is 5.82 Å². The molecule has 0 aromatic heterocycles. The first-order valence-electron chi connectivity index (χ1n) is 5.80. The summed E-state index contributed by atoms with van der Waals surface area (Å²) in [5.74, 6) is -1.50. The van der Waals surface area contributed by atoms with E-state index in [1.807, 2.05) is 4.72 Å². The second kappa shape index (κ2) is 5.84. The highest BCUT2D eigenvalue weighted by atomic mass is 32.2. The van der Waals surface area contributed by atoms with E-state index in [2.05, 4.69) is 4.74 Å². The fraction of sp³-hybridized carbons (Fsp3) is 0.0769. The van der Waals surface area contributed by atoms with E-state index < -0.39 is 38.5 Å². The van der Waals surface area contributed by atoms with Crippen molar-refractivity contribution in [1.29, 1.82) is 0 Å². The normalized spacial score (nSPS) is 12.0. The van der Waals surface area contributed by atoms with Crippen molar-refractivity contribution in [3.05, 3.63) is 54.3 Å². The number of para-hydroxylation sites is 2. The Bertz CT molecular complexity index is 775. The zero-order chi connectivity index (χ0) is 16.4. The minimum absolute atomic E-state index is 0.413. The molecule has 2 rings (SSSR count). The van der Waals surface area contributed by atoms with Crippen molar-refractivity contribution < 1.29 is 30.7 Å². The van der Waals surface area contributed by atoms with Crippen molar-refractivity contribution in [1.82, 2.24) is 0 Å². The molecule has 0 fully saturated rings. The Morgan fingerprint density at radius 2 is 1.68 bits per heavy atom. The van der Waals surface area contributed by atoms with Crippen LogP contribution in [0.3, 0.4) is 0 Å². The van der Waals surface area contributed by atoms with E-state index in [1.54, 1.807) is 0 Å². The first-order valence-corrected chi connectivity index (χ1v) is 7.29. The Kier molecular flexibility index (Phi) is 4.27. The molecule has 2 aromatic carbocycles. The summed E-state index contributed by atoms with van der Waals surface area (Å²) in [6.45, 7) is 0. The Morgan fingerprint density at radius 3 is 2.32 bits per heavy atom. The minimum Gasteiger partial charge on any atom is -0.404 e. The van der Waals surface area contributed by atoms with Crippen LogP contribution in [0.25, 0.3) is 0 Å². The number of ether oxygens (including phenoxy) is 1. The smallest absolute Gasteiger partial charge is 0.404 e. The van der Waals surface area contributed by atoms with Gasteiger partial charge in [0.1, 0.15) is 5.82 Å². The summed E-state index contributed by atoms with van der Waals surface area (Å²) in [5.41, 5.74) is -0.413. The molecule has 0 heterocycles. The topological polar surface area (TPSA) is 55.4 Å². The monoisotopic (exact) mass is 335 g/mol. The van der Waals surface area contributed by atoms with Gasteiger partial charge < -0.3 is 4.74 Å². The molecule has 0 aliphatic rings. The number of halogens is 4. The molecule has 0 saturated carbocycles. The van der Waals surface area contributed by atoms with Gasteiger partial charge in [-0.15, -0.1) is 13.2 Å². The lowest BCUT2D eigenvalue weighted by atomic mass is 10.3. The highest BCUT2D eigenvalue weighted by Gasteiger charge is 2.32. The largest absolute Gasteiger partial charge is 0.573 e. The molecule has 22 heavy (non-hydrogen) atoms. The van der Waals surface area contributed by atoms with E-state index in [1.165, 1.54) is 18.2 Å². The molecule has 9 heteroatoms. The van der Waals surface area contributed by atoms with E-state index in [0.29, 0.717) is 0 Å². The number of nitrogens with one attached hydrogen (secondary N) is 1. The number of benzene rings is 2. The van der Waals surface area contributed by atoms with Crippen LogP contribution in [0.5, 0.6) is 5.75 Å². The summed E-state index contributed by atoms with van der Waals surface area (Å²) < 4.78 is 79.7. The summed E-state index contributed by atoms with van der Waals surface area (Å²) >= 11 is 0. The van der Waals surface area contributed by atoms with Gasteiger partial charge in [-0.05, 0) is 30.3 Å². The van der Waals surface area contributed by atoms with Crippen molar-refractivity contribution in [2.24, 2.45) is 0 Å². The second-order valence-corrected chi connectivity index (χ2v) is 5.79. The lowest BCUT2D eigenvalue weighted by molar-refractivity contribution is -0.274. The molecule has 0 unspecified atom stereocenters. The van der Waals surface area contributed by atoms with E-state index in [0.717, 1.165) is 30.3 Å². The molecule has 0 spiro atoms. The van der Waals surface area contributed by atoms with Gasteiger partial charge in [-0.1, -0.05) is 18.2 Å². The number of sulfonamides is 1. The zero-order valence-corrected chi connectivity index (χ0v) is 11.6. The molecule has 0 amide bonds. The molecule has 0 radical (unpaired) electrons. The van der Waals surface area contributed by atoms with Crippen molar-refractivity contribution >= 4 is 15.7 Å². The molecule has 118 valence electrons. The summed E-state index contributed by atoms with van der Waals surface area (Å²) in [6.07, 6.45) is -4.97. The van der Waals surface area contributed by atoms with Crippen LogP contribution in [0.1, 0.15) is 0 Å². The van der Waals surface area contributed by atoms with Gasteiger partial charge in [-0.2, -0.15) is 0 Å². The van der Waals surface area contributed by atoms with Crippen molar-refractivity contribution in [3.63, 3.8) is 0 Å². The first kappa shape index (κ1) is 16.1. The molecule has 4 nitrogen and oxygen atoms in total. The predicted molar refractivity (Wildman–Crippen MR) is 70.3 cm³/mol. The van der Waals surface area contributed by atoms with Crippen LogP contribution in [0.15, 0.2) is 53.4 Å². The average Bonchev–Trinajstić information content (AvgIpc) is 2.39. The molecular formula is C13H9F4NO3S. The summed E-state index contributed by atoms with van der Waals surface area (Å²) in [6, 6.07) is 8.69. The van der Waals surface area contributed by atoms with Crippen LogP contribution < -0.4 is 9.46 Å². The number of alkyl halides is 3. The Labute approximate surface area is 123 Å². The molecule has 0 atom stereocenters. The van der Waals surface area contributed by atoms with Gasteiger partial charge in [0, 0.05) is 0 Å². The van der Waals surface area contributed by atoms with Gasteiger partial charge in [0.05, 0.1) is 10.6 Å². The van der Waals surface area contributed by atoms with E-state index in [9.17, 15) is 26.0 Å². The lowest BCUT2D eigenvalue weighted by Crippen LogP contribution is -2.19. The third-order valence-corrected chi connectivity index (χ3v) is 3.83. The van der Waals surface area contributed by atoms with Gasteiger partial charge >= 0.3 is 6.36 Å². The van der Waals surface area contributed by atoms with Crippen molar-refractivity contribution in [2.75, 3.05) is 4.72 Å². The highest BCUT2D eigenvalue weighted by molar-refractivity contribution is 7.92. The van der Waals surface area contributed by atoms with Gasteiger partial charge in [0.15, 0.2) is 5.75 Å². The van der Waals surface area contributed by atoms with Crippen molar-refractivity contribution in [2.45, 2.75) is 11.3 Å². The molecule has 0 aliphatic heterocycles. The van der Waals surface area contributed by atoms with Gasteiger partial charge in [-0.3, -0.25) is 4.72 Å². The average molecular weight is 335 g/mol. The number of hydrogen-bond acceptors (Lipinski definition) is 3. The predicted octanol–water partition coefficient (Wildman–Crippen LogP) is 3.53. The molecule has 0 bridgehead atoms. The third-order valence-electron chi connectivity index (χ3n) is 2.46. The van der Waals surface area contributed by atoms with Gasteiger partial charge in [0.2, 0.25) is 0 Å². The molecule has 0 aliphatic carbocycles. The van der Waals surface area contributed by atoms with E-state index in [-0.39, 0.29) is 0 Å². The molecule has 1 N–H and O–H groups in total. The first-order chi connectivity index (χ1) is 10.2. The summed E-state index contributed by atoms with van der Waals surface area (Å²) in [5, 5.41) is 0. The van der Waals surface area contributed by atoms with Gasteiger partial charge in [-0.25, -0.2) is 12.8 Å². The second-order valence-electron chi connectivity index (χ2n) is 4.11. The number of anilines is 1. The SMILES string of the molecule is O=S(=O)(Nc1ccccc1OC(F)(F)F)c1cccc(F)c1. The zero-order valence-electron chi connectivity index (χ0n) is 10.8. The lowest BCUT2D eigenvalue weighted by Gasteiger charge is -2.14. The Morgan fingerprint density at radius 1 is 1.00 bits per heavy atom. The van der Waals surface area contributed by atoms with Gasteiger partial charge in [0.25, 0.3) is 10.0 Å². The minimum atomic E-state index is -4.97. The Hall–Kier alpha value is -2.29. The molecule has 0 saturated heterocycles. The maximum Gasteiger partial charge on any atom is 0.573 e. The molecular weight excluding hydrogens is 326 g/mol. The van der Waals surface area contributed by atoms with Crippen LogP contribution in [-0.2, 0) is 10.0 Å².